The largest absolute Gasteiger partial charge is 0.503 e. The first-order valence-corrected chi connectivity index (χ1v) is 7.01. The molecule has 2 rings (SSSR count). The van der Waals surface area contributed by atoms with Gasteiger partial charge in [-0.05, 0) is 0 Å². The standard InChI is InChI=1S/C14H22N2O5/c1-20-5-4-16-11(10-17)8-13(18)14(19)12(16)9-15-2-6-21-7-3-15/h8,17,19H,2-7,9-10H2,1H3. The fourth-order valence-electron chi connectivity index (χ4n) is 2.46. The first-order valence-electron chi connectivity index (χ1n) is 7.01. The van der Waals surface area contributed by atoms with Gasteiger partial charge in [0.05, 0.1) is 32.1 Å². The lowest BCUT2D eigenvalue weighted by molar-refractivity contribution is 0.0323. The summed E-state index contributed by atoms with van der Waals surface area (Å²) < 4.78 is 12.1. The van der Waals surface area contributed by atoms with E-state index >= 15 is 0 Å². The number of morpholine rings is 1. The Bertz CT molecular complexity index is 523. The molecule has 0 atom stereocenters. The maximum Gasteiger partial charge on any atom is 0.223 e. The fraction of sp³-hybridized carbons (Fsp3) is 0.643. The van der Waals surface area contributed by atoms with Gasteiger partial charge in [-0.1, -0.05) is 0 Å². The van der Waals surface area contributed by atoms with E-state index in [-0.39, 0.29) is 12.4 Å². The van der Waals surface area contributed by atoms with Gasteiger partial charge in [-0.3, -0.25) is 9.69 Å². The molecule has 1 aliphatic rings. The molecule has 1 fully saturated rings. The van der Waals surface area contributed by atoms with Gasteiger partial charge >= 0.3 is 0 Å². The van der Waals surface area contributed by atoms with Crippen LogP contribution in [0.4, 0.5) is 0 Å². The van der Waals surface area contributed by atoms with Crippen LogP contribution in [-0.4, -0.2) is 59.7 Å². The molecule has 0 aliphatic carbocycles. The van der Waals surface area contributed by atoms with Crippen molar-refractivity contribution in [1.29, 1.82) is 0 Å². The SMILES string of the molecule is COCCn1c(CO)cc(=O)c(O)c1CN1CCOCC1. The fourth-order valence-corrected chi connectivity index (χ4v) is 2.46. The predicted molar refractivity (Wildman–Crippen MR) is 76.3 cm³/mol. The van der Waals surface area contributed by atoms with Crippen molar-refractivity contribution in [3.8, 4) is 5.75 Å². The minimum atomic E-state index is -0.462. The van der Waals surface area contributed by atoms with Crippen LogP contribution >= 0.6 is 0 Å². The van der Waals surface area contributed by atoms with Gasteiger partial charge in [-0.15, -0.1) is 0 Å². The molecule has 0 spiro atoms. The van der Waals surface area contributed by atoms with Gasteiger partial charge in [0.1, 0.15) is 0 Å². The molecule has 2 N–H and O–H groups in total. The van der Waals surface area contributed by atoms with Crippen LogP contribution in [0.15, 0.2) is 10.9 Å². The van der Waals surface area contributed by atoms with E-state index in [1.807, 2.05) is 0 Å². The number of nitrogens with zero attached hydrogens (tertiary/aromatic N) is 2. The van der Waals surface area contributed by atoms with Crippen LogP contribution in [0, 0.1) is 0 Å². The maximum absolute atomic E-state index is 11.8. The molecule has 2 heterocycles. The highest BCUT2D eigenvalue weighted by molar-refractivity contribution is 5.30. The summed E-state index contributed by atoms with van der Waals surface area (Å²) in [7, 11) is 1.59. The average Bonchev–Trinajstić information content (AvgIpc) is 2.51. The Balaban J connectivity index is 2.34. The molecule has 1 aromatic heterocycles. The van der Waals surface area contributed by atoms with E-state index in [0.29, 0.717) is 44.3 Å². The molecule has 1 aliphatic heterocycles. The van der Waals surface area contributed by atoms with Crippen molar-refractivity contribution in [2.45, 2.75) is 19.7 Å². The van der Waals surface area contributed by atoms with Crippen molar-refractivity contribution in [2.75, 3.05) is 40.0 Å². The van der Waals surface area contributed by atoms with E-state index in [1.165, 1.54) is 6.07 Å². The second-order valence-corrected chi connectivity index (χ2v) is 4.99. The van der Waals surface area contributed by atoms with Crippen molar-refractivity contribution >= 4 is 0 Å². The van der Waals surface area contributed by atoms with Gasteiger partial charge in [0, 0.05) is 45.0 Å². The van der Waals surface area contributed by atoms with Gasteiger partial charge in [-0.25, -0.2) is 0 Å². The third-order valence-electron chi connectivity index (χ3n) is 3.64. The lowest BCUT2D eigenvalue weighted by Gasteiger charge is -2.28. The number of methoxy groups -OCH3 is 1. The van der Waals surface area contributed by atoms with Crippen LogP contribution < -0.4 is 5.43 Å². The van der Waals surface area contributed by atoms with E-state index in [4.69, 9.17) is 9.47 Å². The smallest absolute Gasteiger partial charge is 0.223 e. The Morgan fingerprint density at radius 3 is 2.71 bits per heavy atom. The molecule has 0 unspecified atom stereocenters. The van der Waals surface area contributed by atoms with Crippen LogP contribution in [0.5, 0.6) is 5.75 Å². The summed E-state index contributed by atoms with van der Waals surface area (Å²) in [4.78, 5) is 14.0. The third kappa shape index (κ3) is 3.82. The zero-order chi connectivity index (χ0) is 15.2. The number of hydrogen-bond donors (Lipinski definition) is 2. The number of aromatic nitrogens is 1. The molecule has 0 aromatic carbocycles. The molecule has 7 nitrogen and oxygen atoms in total. The first-order chi connectivity index (χ1) is 10.2. The van der Waals surface area contributed by atoms with E-state index in [9.17, 15) is 15.0 Å². The van der Waals surface area contributed by atoms with Gasteiger partial charge in [0.2, 0.25) is 5.43 Å². The van der Waals surface area contributed by atoms with Gasteiger partial charge < -0.3 is 24.3 Å². The Morgan fingerprint density at radius 1 is 1.38 bits per heavy atom. The number of ether oxygens (including phenoxy) is 2. The lowest BCUT2D eigenvalue weighted by atomic mass is 10.2. The van der Waals surface area contributed by atoms with Gasteiger partial charge in [0.25, 0.3) is 0 Å². The molecule has 7 heteroatoms. The van der Waals surface area contributed by atoms with Crippen molar-refractivity contribution in [3.05, 3.63) is 27.7 Å². The second-order valence-electron chi connectivity index (χ2n) is 4.99. The van der Waals surface area contributed by atoms with E-state index in [1.54, 1.807) is 11.7 Å². The minimum absolute atomic E-state index is 0.255. The molecule has 0 radical (unpaired) electrons. The van der Waals surface area contributed by atoms with Crippen molar-refractivity contribution in [2.24, 2.45) is 0 Å². The molecule has 118 valence electrons. The van der Waals surface area contributed by atoms with Crippen LogP contribution in [0.25, 0.3) is 0 Å². The van der Waals surface area contributed by atoms with Crippen LogP contribution in [-0.2, 0) is 29.2 Å². The molecule has 0 bridgehead atoms. The van der Waals surface area contributed by atoms with E-state index in [2.05, 4.69) is 4.90 Å². The summed E-state index contributed by atoms with van der Waals surface area (Å²) in [5, 5.41) is 19.6. The number of aromatic hydroxyl groups is 1. The Hall–Kier alpha value is -1.41. The minimum Gasteiger partial charge on any atom is -0.503 e. The number of hydrogen-bond acceptors (Lipinski definition) is 6. The number of pyridine rings is 1. The molecular formula is C14H22N2O5. The molecule has 1 saturated heterocycles. The monoisotopic (exact) mass is 298 g/mol. The molecule has 1 aromatic rings. The zero-order valence-electron chi connectivity index (χ0n) is 12.2. The quantitative estimate of drug-likeness (QED) is 0.738. The topological polar surface area (TPSA) is 84.2 Å². The average molecular weight is 298 g/mol. The zero-order valence-corrected chi connectivity index (χ0v) is 12.2. The predicted octanol–water partition coefficient (Wildman–Crippen LogP) is -0.475. The van der Waals surface area contributed by atoms with E-state index < -0.39 is 5.43 Å². The normalized spacial score (nSPS) is 16.3. The number of aliphatic hydroxyl groups is 1. The van der Waals surface area contributed by atoms with Crippen LogP contribution in [0.1, 0.15) is 11.4 Å². The highest BCUT2D eigenvalue weighted by Gasteiger charge is 2.19. The first kappa shape index (κ1) is 16.0. The van der Waals surface area contributed by atoms with Crippen LogP contribution in [0.2, 0.25) is 0 Å². The summed E-state index contributed by atoms with van der Waals surface area (Å²) in [6.45, 7) is 3.89. The molecule has 0 amide bonds. The highest BCUT2D eigenvalue weighted by Crippen LogP contribution is 2.18. The molecular weight excluding hydrogens is 276 g/mol. The van der Waals surface area contributed by atoms with Crippen molar-refractivity contribution in [3.63, 3.8) is 0 Å². The number of rotatable bonds is 6. The second kappa shape index (κ2) is 7.56. The Morgan fingerprint density at radius 2 is 2.10 bits per heavy atom. The van der Waals surface area contributed by atoms with Gasteiger partial charge in [0.15, 0.2) is 5.75 Å². The summed E-state index contributed by atoms with van der Waals surface area (Å²) in [5.41, 5.74) is 0.541. The molecule has 0 saturated carbocycles. The van der Waals surface area contributed by atoms with Gasteiger partial charge in [-0.2, -0.15) is 0 Å². The van der Waals surface area contributed by atoms with Crippen molar-refractivity contribution in [1.82, 2.24) is 9.47 Å². The summed E-state index contributed by atoms with van der Waals surface area (Å²) >= 11 is 0. The molecule has 21 heavy (non-hydrogen) atoms. The number of aliphatic hydroxyl groups excluding tert-OH is 1. The Labute approximate surface area is 123 Å². The van der Waals surface area contributed by atoms with E-state index in [0.717, 1.165) is 13.1 Å². The third-order valence-corrected chi connectivity index (χ3v) is 3.64. The summed E-state index contributed by atoms with van der Waals surface area (Å²) in [6, 6.07) is 1.27. The van der Waals surface area contributed by atoms with Crippen molar-refractivity contribution < 1.29 is 19.7 Å². The Kier molecular flexibility index (Phi) is 5.75. The highest BCUT2D eigenvalue weighted by atomic mass is 16.5. The lowest BCUT2D eigenvalue weighted by Crippen LogP contribution is -2.37. The maximum atomic E-state index is 11.8. The van der Waals surface area contributed by atoms with Crippen LogP contribution in [0.3, 0.4) is 0 Å². The summed E-state index contributed by atoms with van der Waals surface area (Å²) in [5.74, 6) is -0.255. The summed E-state index contributed by atoms with van der Waals surface area (Å²) in [6.07, 6.45) is 0.